The number of hydrogen-bond acceptors (Lipinski definition) is 3. The van der Waals surface area contributed by atoms with Gasteiger partial charge in [-0.25, -0.2) is 4.99 Å². The number of benzene rings is 1. The maximum absolute atomic E-state index is 5.64. The van der Waals surface area contributed by atoms with Crippen molar-refractivity contribution in [1.82, 2.24) is 15.5 Å². The van der Waals surface area contributed by atoms with Crippen molar-refractivity contribution in [1.29, 1.82) is 0 Å². The minimum atomic E-state index is 0. The highest BCUT2D eigenvalue weighted by molar-refractivity contribution is 14.0. The predicted molar refractivity (Wildman–Crippen MR) is 111 cm³/mol. The van der Waals surface area contributed by atoms with Gasteiger partial charge in [0.25, 0.3) is 0 Å². The van der Waals surface area contributed by atoms with Crippen LogP contribution in [0.15, 0.2) is 29.3 Å². The molecular formula is C18H31IN4O. The van der Waals surface area contributed by atoms with E-state index in [0.29, 0.717) is 12.6 Å². The lowest BCUT2D eigenvalue weighted by atomic mass is 10.1. The molecule has 0 bridgehead atoms. The largest absolute Gasteiger partial charge is 0.376 e. The van der Waals surface area contributed by atoms with Crippen LogP contribution in [0, 0.1) is 0 Å². The van der Waals surface area contributed by atoms with Gasteiger partial charge in [-0.15, -0.1) is 24.0 Å². The van der Waals surface area contributed by atoms with Gasteiger partial charge < -0.3 is 20.3 Å². The van der Waals surface area contributed by atoms with Gasteiger partial charge in [0.15, 0.2) is 5.96 Å². The maximum atomic E-state index is 5.64. The molecule has 0 aromatic heterocycles. The van der Waals surface area contributed by atoms with E-state index in [0.717, 1.165) is 38.6 Å². The van der Waals surface area contributed by atoms with E-state index in [-0.39, 0.29) is 24.0 Å². The molecule has 1 unspecified atom stereocenters. The predicted octanol–water partition coefficient (Wildman–Crippen LogP) is 2.60. The zero-order chi connectivity index (χ0) is 16.5. The first-order chi connectivity index (χ1) is 11.2. The van der Waals surface area contributed by atoms with Crippen LogP contribution in [0.3, 0.4) is 0 Å². The molecule has 2 N–H and O–H groups in total. The van der Waals surface area contributed by atoms with Gasteiger partial charge in [0.2, 0.25) is 0 Å². The van der Waals surface area contributed by atoms with Crippen LogP contribution in [0.2, 0.25) is 0 Å². The summed E-state index contributed by atoms with van der Waals surface area (Å²) in [7, 11) is 4.17. The number of rotatable bonds is 7. The van der Waals surface area contributed by atoms with Gasteiger partial charge in [0, 0.05) is 26.2 Å². The molecule has 1 aliphatic heterocycles. The molecule has 1 atom stereocenters. The minimum absolute atomic E-state index is 0. The zero-order valence-electron chi connectivity index (χ0n) is 15.0. The quantitative estimate of drug-likeness (QED) is 0.384. The Kier molecular flexibility index (Phi) is 10.3. The Hall–Kier alpha value is -0.860. The van der Waals surface area contributed by atoms with Crippen LogP contribution in [0.25, 0.3) is 0 Å². The van der Waals surface area contributed by atoms with Gasteiger partial charge in [-0.2, -0.15) is 0 Å². The molecule has 24 heavy (non-hydrogen) atoms. The van der Waals surface area contributed by atoms with Crippen LogP contribution in [-0.4, -0.2) is 50.8 Å². The Bertz CT molecular complexity index is 484. The van der Waals surface area contributed by atoms with Gasteiger partial charge in [-0.3, -0.25) is 0 Å². The lowest BCUT2D eigenvalue weighted by Gasteiger charge is -2.15. The van der Waals surface area contributed by atoms with E-state index >= 15 is 0 Å². The molecule has 5 nitrogen and oxygen atoms in total. The summed E-state index contributed by atoms with van der Waals surface area (Å²) in [5, 5.41) is 6.67. The van der Waals surface area contributed by atoms with Crippen molar-refractivity contribution in [2.75, 3.05) is 33.8 Å². The average Bonchev–Trinajstić information content (AvgIpc) is 3.04. The monoisotopic (exact) mass is 446 g/mol. The molecule has 0 radical (unpaired) electrons. The Balaban J connectivity index is 0.00000288. The lowest BCUT2D eigenvalue weighted by molar-refractivity contribution is 0.114. The van der Waals surface area contributed by atoms with E-state index in [1.807, 2.05) is 0 Å². The van der Waals surface area contributed by atoms with Gasteiger partial charge in [-0.05, 0) is 45.0 Å². The van der Waals surface area contributed by atoms with Crippen molar-refractivity contribution in [3.8, 4) is 0 Å². The fourth-order valence-corrected chi connectivity index (χ4v) is 2.64. The number of nitrogens with zero attached hydrogens (tertiary/aromatic N) is 2. The normalized spacial score (nSPS) is 17.7. The summed E-state index contributed by atoms with van der Waals surface area (Å²) in [5.74, 6) is 0.861. The second-order valence-electron chi connectivity index (χ2n) is 6.27. The highest BCUT2D eigenvalue weighted by atomic mass is 127. The van der Waals surface area contributed by atoms with Crippen LogP contribution < -0.4 is 10.6 Å². The Morgan fingerprint density at radius 2 is 1.92 bits per heavy atom. The molecule has 2 rings (SSSR count). The lowest BCUT2D eigenvalue weighted by Crippen LogP contribution is -2.41. The van der Waals surface area contributed by atoms with Gasteiger partial charge >= 0.3 is 0 Å². The van der Waals surface area contributed by atoms with Crippen molar-refractivity contribution in [3.63, 3.8) is 0 Å². The Labute approximate surface area is 163 Å². The van der Waals surface area contributed by atoms with Crippen molar-refractivity contribution in [2.24, 2.45) is 4.99 Å². The first-order valence-corrected chi connectivity index (χ1v) is 8.53. The standard InChI is InChI=1S/C18H30N4O.HI/c1-4-19-18(21-13-17-6-5-11-23-17)20-12-15-7-9-16(10-8-15)14-22(2)3;/h7-10,17H,4-6,11-14H2,1-3H3,(H2,19,20,21);1H. The third-order valence-corrected chi connectivity index (χ3v) is 3.81. The van der Waals surface area contributed by atoms with Crippen molar-refractivity contribution in [3.05, 3.63) is 35.4 Å². The van der Waals surface area contributed by atoms with Crippen LogP contribution in [0.4, 0.5) is 0 Å². The van der Waals surface area contributed by atoms with E-state index in [1.54, 1.807) is 0 Å². The summed E-state index contributed by atoms with van der Waals surface area (Å²) in [6, 6.07) is 8.67. The molecule has 6 heteroatoms. The van der Waals surface area contributed by atoms with E-state index in [2.05, 4.69) is 65.8 Å². The summed E-state index contributed by atoms with van der Waals surface area (Å²) in [6.07, 6.45) is 2.63. The van der Waals surface area contributed by atoms with Gasteiger partial charge in [0.1, 0.15) is 0 Å². The fraction of sp³-hybridized carbons (Fsp3) is 0.611. The third kappa shape index (κ3) is 7.81. The molecule has 1 fully saturated rings. The van der Waals surface area contributed by atoms with Crippen LogP contribution in [0.1, 0.15) is 30.9 Å². The van der Waals surface area contributed by atoms with E-state index in [9.17, 15) is 0 Å². The molecule has 0 saturated carbocycles. The third-order valence-electron chi connectivity index (χ3n) is 3.81. The minimum Gasteiger partial charge on any atom is -0.376 e. The molecular weight excluding hydrogens is 415 g/mol. The first kappa shape index (κ1) is 21.2. The Morgan fingerprint density at radius 1 is 1.21 bits per heavy atom. The number of halogens is 1. The van der Waals surface area contributed by atoms with Gasteiger partial charge in [-0.1, -0.05) is 24.3 Å². The number of nitrogens with one attached hydrogen (secondary N) is 2. The van der Waals surface area contributed by atoms with E-state index in [1.165, 1.54) is 17.5 Å². The average molecular weight is 446 g/mol. The van der Waals surface area contributed by atoms with Crippen LogP contribution in [0.5, 0.6) is 0 Å². The van der Waals surface area contributed by atoms with Crippen molar-refractivity contribution in [2.45, 2.75) is 39.0 Å². The molecule has 1 aliphatic rings. The number of hydrogen-bond donors (Lipinski definition) is 2. The summed E-state index contributed by atoms with van der Waals surface area (Å²) in [6.45, 7) is 6.31. The summed E-state index contributed by atoms with van der Waals surface area (Å²) >= 11 is 0. The van der Waals surface area contributed by atoms with Crippen molar-refractivity contribution >= 4 is 29.9 Å². The van der Waals surface area contributed by atoms with Crippen LogP contribution in [-0.2, 0) is 17.8 Å². The van der Waals surface area contributed by atoms with Gasteiger partial charge in [0.05, 0.1) is 12.6 Å². The molecule has 1 aromatic rings. The molecule has 0 spiro atoms. The zero-order valence-corrected chi connectivity index (χ0v) is 17.4. The second kappa shape index (κ2) is 11.7. The molecule has 0 aliphatic carbocycles. The smallest absolute Gasteiger partial charge is 0.191 e. The van der Waals surface area contributed by atoms with E-state index in [4.69, 9.17) is 4.74 Å². The van der Waals surface area contributed by atoms with E-state index < -0.39 is 0 Å². The highest BCUT2D eigenvalue weighted by Crippen LogP contribution is 2.10. The Morgan fingerprint density at radius 3 is 2.50 bits per heavy atom. The number of guanidine groups is 1. The topological polar surface area (TPSA) is 48.9 Å². The highest BCUT2D eigenvalue weighted by Gasteiger charge is 2.15. The summed E-state index contributed by atoms with van der Waals surface area (Å²) < 4.78 is 5.64. The molecule has 0 amide bonds. The summed E-state index contributed by atoms with van der Waals surface area (Å²) in [4.78, 5) is 6.84. The number of ether oxygens (including phenoxy) is 1. The SMILES string of the molecule is CCNC(=NCc1ccc(CN(C)C)cc1)NCC1CCCO1.I. The fourth-order valence-electron chi connectivity index (χ4n) is 2.64. The molecule has 1 heterocycles. The molecule has 1 aromatic carbocycles. The number of aliphatic imine (C=N–C) groups is 1. The first-order valence-electron chi connectivity index (χ1n) is 8.53. The molecule has 136 valence electrons. The van der Waals surface area contributed by atoms with Crippen molar-refractivity contribution < 1.29 is 4.74 Å². The summed E-state index contributed by atoms with van der Waals surface area (Å²) in [5.41, 5.74) is 2.55. The maximum Gasteiger partial charge on any atom is 0.191 e. The van der Waals surface area contributed by atoms with Crippen LogP contribution >= 0.6 is 24.0 Å². The molecule has 1 saturated heterocycles. The second-order valence-corrected chi connectivity index (χ2v) is 6.27.